The Hall–Kier alpha value is -1.71. The number of imidazole rings is 1. The molecule has 0 saturated carbocycles. The van der Waals surface area contributed by atoms with Crippen LogP contribution in [0.2, 0.25) is 0 Å². The average Bonchev–Trinajstić information content (AvgIpc) is 2.53. The number of hydrogen-bond donors (Lipinski definition) is 0. The zero-order valence-corrected chi connectivity index (χ0v) is 7.11. The van der Waals surface area contributed by atoms with E-state index < -0.39 is 0 Å². The summed E-state index contributed by atoms with van der Waals surface area (Å²) in [5.41, 5.74) is 0.908. The van der Waals surface area contributed by atoms with Crippen molar-refractivity contribution in [2.24, 2.45) is 0 Å². The lowest BCUT2D eigenvalue weighted by atomic mass is 10.4. The first-order chi connectivity index (χ1) is 6.25. The maximum atomic E-state index is 12.5. The number of pyridine rings is 1. The summed E-state index contributed by atoms with van der Waals surface area (Å²) in [5.74, 6) is 0.336. The molecule has 2 aromatic heterocycles. The molecule has 0 N–H and O–H groups in total. The van der Waals surface area contributed by atoms with E-state index in [0.29, 0.717) is 5.82 Å². The Kier molecular flexibility index (Phi) is 1.81. The van der Waals surface area contributed by atoms with Gasteiger partial charge in [-0.3, -0.25) is 4.57 Å². The lowest BCUT2D eigenvalue weighted by Crippen LogP contribution is -1.93. The molecule has 3 nitrogen and oxygen atoms in total. The Morgan fingerprint density at radius 1 is 1.31 bits per heavy atom. The molecule has 13 heavy (non-hydrogen) atoms. The second kappa shape index (κ2) is 2.97. The van der Waals surface area contributed by atoms with E-state index in [1.54, 1.807) is 17.0 Å². The Bertz CT molecular complexity index is 405. The van der Waals surface area contributed by atoms with Gasteiger partial charge in [-0.1, -0.05) is 0 Å². The van der Waals surface area contributed by atoms with Crippen LogP contribution in [0.1, 0.15) is 5.69 Å². The van der Waals surface area contributed by atoms with Crippen LogP contribution >= 0.6 is 0 Å². The van der Waals surface area contributed by atoms with Gasteiger partial charge in [0, 0.05) is 6.20 Å². The topological polar surface area (TPSA) is 30.7 Å². The van der Waals surface area contributed by atoms with Gasteiger partial charge in [-0.25, -0.2) is 14.4 Å². The van der Waals surface area contributed by atoms with Crippen molar-refractivity contribution in [3.63, 3.8) is 0 Å². The smallest absolute Gasteiger partial charge is 0.141 e. The molecule has 0 bridgehead atoms. The third kappa shape index (κ3) is 1.56. The zero-order valence-electron chi connectivity index (χ0n) is 7.11. The summed E-state index contributed by atoms with van der Waals surface area (Å²) in [5, 5.41) is 0. The highest BCUT2D eigenvalue weighted by atomic mass is 19.1. The van der Waals surface area contributed by atoms with Gasteiger partial charge in [-0.15, -0.1) is 0 Å². The normalized spacial score (nSPS) is 10.3. The average molecular weight is 177 g/mol. The van der Waals surface area contributed by atoms with Crippen LogP contribution in [0, 0.1) is 12.7 Å². The minimum Gasteiger partial charge on any atom is -0.290 e. The van der Waals surface area contributed by atoms with Crippen molar-refractivity contribution in [3.05, 3.63) is 42.4 Å². The molecule has 0 unspecified atom stereocenters. The van der Waals surface area contributed by atoms with Gasteiger partial charge in [0.05, 0.1) is 11.9 Å². The Morgan fingerprint density at radius 3 is 2.69 bits per heavy atom. The number of hydrogen-bond acceptors (Lipinski definition) is 2. The lowest BCUT2D eigenvalue weighted by molar-refractivity contribution is 0.620. The van der Waals surface area contributed by atoms with Crippen LogP contribution in [0.25, 0.3) is 5.82 Å². The van der Waals surface area contributed by atoms with Crippen LogP contribution in [0.15, 0.2) is 30.9 Å². The minimum atomic E-state index is -0.333. The highest BCUT2D eigenvalue weighted by molar-refractivity contribution is 5.22. The molecule has 2 heterocycles. The van der Waals surface area contributed by atoms with Crippen molar-refractivity contribution >= 4 is 0 Å². The molecular weight excluding hydrogens is 169 g/mol. The van der Waals surface area contributed by atoms with Crippen molar-refractivity contribution in [3.8, 4) is 5.82 Å². The van der Waals surface area contributed by atoms with Crippen LogP contribution in [0.3, 0.4) is 0 Å². The van der Waals surface area contributed by atoms with Gasteiger partial charge >= 0.3 is 0 Å². The summed E-state index contributed by atoms with van der Waals surface area (Å²) in [6, 6.07) is 2.98. The summed E-state index contributed by atoms with van der Waals surface area (Å²) in [6.07, 6.45) is 4.67. The van der Waals surface area contributed by atoms with Gasteiger partial charge in [-0.2, -0.15) is 0 Å². The molecule has 0 atom stereocenters. The standard InChI is InChI=1S/C9H8FN3/c1-7-5-13(6-12-7)9-3-2-8(10)4-11-9/h2-6H,1H3. The number of halogens is 1. The summed E-state index contributed by atoms with van der Waals surface area (Å²) >= 11 is 0. The molecule has 4 heteroatoms. The minimum absolute atomic E-state index is 0.333. The highest BCUT2D eigenvalue weighted by Crippen LogP contribution is 2.05. The van der Waals surface area contributed by atoms with E-state index in [0.717, 1.165) is 5.69 Å². The largest absolute Gasteiger partial charge is 0.290 e. The second-order valence-electron chi connectivity index (χ2n) is 2.76. The maximum Gasteiger partial charge on any atom is 0.141 e. The van der Waals surface area contributed by atoms with Gasteiger partial charge < -0.3 is 0 Å². The van der Waals surface area contributed by atoms with E-state index in [-0.39, 0.29) is 5.82 Å². The van der Waals surface area contributed by atoms with Crippen LogP contribution < -0.4 is 0 Å². The maximum absolute atomic E-state index is 12.5. The Morgan fingerprint density at radius 2 is 2.15 bits per heavy atom. The van der Waals surface area contributed by atoms with Gasteiger partial charge in [0.25, 0.3) is 0 Å². The number of rotatable bonds is 1. The number of aryl methyl sites for hydroxylation is 1. The summed E-state index contributed by atoms with van der Waals surface area (Å²) in [6.45, 7) is 1.89. The molecular formula is C9H8FN3. The molecule has 0 aliphatic carbocycles. The van der Waals surface area contributed by atoms with Gasteiger partial charge in [0.1, 0.15) is 18.0 Å². The van der Waals surface area contributed by atoms with E-state index in [1.165, 1.54) is 12.3 Å². The van der Waals surface area contributed by atoms with Crippen molar-refractivity contribution in [2.75, 3.05) is 0 Å². The first-order valence-electron chi connectivity index (χ1n) is 3.88. The van der Waals surface area contributed by atoms with Crippen LogP contribution in [0.5, 0.6) is 0 Å². The molecule has 0 amide bonds. The van der Waals surface area contributed by atoms with Gasteiger partial charge in [0.2, 0.25) is 0 Å². The predicted molar refractivity (Wildman–Crippen MR) is 46.1 cm³/mol. The molecule has 0 saturated heterocycles. The molecule has 0 fully saturated rings. The second-order valence-corrected chi connectivity index (χ2v) is 2.76. The summed E-state index contributed by atoms with van der Waals surface area (Å²) in [7, 11) is 0. The third-order valence-electron chi connectivity index (χ3n) is 1.69. The molecule has 2 aromatic rings. The summed E-state index contributed by atoms with van der Waals surface area (Å²) < 4.78 is 14.3. The fourth-order valence-electron chi connectivity index (χ4n) is 1.07. The van der Waals surface area contributed by atoms with E-state index in [1.807, 2.05) is 13.1 Å². The van der Waals surface area contributed by atoms with E-state index in [2.05, 4.69) is 9.97 Å². The zero-order chi connectivity index (χ0) is 9.26. The Labute approximate surface area is 74.9 Å². The molecule has 66 valence electrons. The van der Waals surface area contributed by atoms with E-state index >= 15 is 0 Å². The van der Waals surface area contributed by atoms with Gasteiger partial charge in [-0.05, 0) is 19.1 Å². The van der Waals surface area contributed by atoms with Crippen molar-refractivity contribution in [1.82, 2.24) is 14.5 Å². The van der Waals surface area contributed by atoms with E-state index in [9.17, 15) is 4.39 Å². The van der Waals surface area contributed by atoms with Crippen molar-refractivity contribution < 1.29 is 4.39 Å². The highest BCUT2D eigenvalue weighted by Gasteiger charge is 1.98. The monoisotopic (exact) mass is 177 g/mol. The van der Waals surface area contributed by atoms with E-state index in [4.69, 9.17) is 0 Å². The van der Waals surface area contributed by atoms with Crippen molar-refractivity contribution in [2.45, 2.75) is 6.92 Å². The summed E-state index contributed by atoms with van der Waals surface area (Å²) in [4.78, 5) is 7.95. The van der Waals surface area contributed by atoms with Gasteiger partial charge in [0.15, 0.2) is 0 Å². The van der Waals surface area contributed by atoms with Crippen LogP contribution in [-0.4, -0.2) is 14.5 Å². The fourth-order valence-corrected chi connectivity index (χ4v) is 1.07. The lowest BCUT2D eigenvalue weighted by Gasteiger charge is -1.98. The Balaban J connectivity index is 2.41. The van der Waals surface area contributed by atoms with Crippen molar-refractivity contribution in [1.29, 1.82) is 0 Å². The molecule has 0 radical (unpaired) electrons. The number of aromatic nitrogens is 3. The first-order valence-corrected chi connectivity index (χ1v) is 3.88. The predicted octanol–water partition coefficient (Wildman–Crippen LogP) is 1.71. The molecule has 0 aliphatic heterocycles. The first kappa shape index (κ1) is 7.91. The number of nitrogens with zero attached hydrogens (tertiary/aromatic N) is 3. The quantitative estimate of drug-likeness (QED) is 0.664. The SMILES string of the molecule is Cc1cn(-c2ccc(F)cn2)cn1. The molecule has 0 spiro atoms. The van der Waals surface area contributed by atoms with Crippen LogP contribution in [-0.2, 0) is 0 Å². The molecule has 0 aliphatic rings. The van der Waals surface area contributed by atoms with Crippen LogP contribution in [0.4, 0.5) is 4.39 Å². The molecule has 0 aromatic carbocycles. The third-order valence-corrected chi connectivity index (χ3v) is 1.69. The molecule has 2 rings (SSSR count). The fraction of sp³-hybridized carbons (Fsp3) is 0.111.